The number of nitrogens with zero attached hydrogens (tertiary/aromatic N) is 4. The normalized spacial score (nSPS) is 14.7. The van der Waals surface area contributed by atoms with Gasteiger partial charge in [0, 0.05) is 37.7 Å². The van der Waals surface area contributed by atoms with Crippen molar-refractivity contribution in [2.45, 2.75) is 40.0 Å². The molecular formula is C22H30N4O. The van der Waals surface area contributed by atoms with E-state index in [0.29, 0.717) is 5.91 Å². The molecule has 2 heterocycles. The number of aromatic nitrogens is 2. The molecule has 1 saturated heterocycles. The average Bonchev–Trinajstić information content (AvgIpc) is 2.75. The molecule has 27 heavy (non-hydrogen) atoms. The van der Waals surface area contributed by atoms with Gasteiger partial charge in [0.05, 0.1) is 5.69 Å². The molecule has 3 rings (SSSR count). The van der Waals surface area contributed by atoms with Gasteiger partial charge in [0.1, 0.15) is 0 Å². The number of aryl methyl sites for hydroxylation is 1. The largest absolute Gasteiger partial charge is 0.352 e. The standard InChI is InChI=1S/C22H30N4O/c1-4-17-7-9-19(10-8-17)20-11-12-21(24-23-20)25-13-15-26(16-14-25)22(27)18(5-2)6-3/h7-12,18H,4-6,13-16H2,1-3H3. The summed E-state index contributed by atoms with van der Waals surface area (Å²) in [7, 11) is 0. The summed E-state index contributed by atoms with van der Waals surface area (Å²) in [5, 5.41) is 8.85. The van der Waals surface area contributed by atoms with Crippen molar-refractivity contribution >= 4 is 11.7 Å². The molecule has 0 bridgehead atoms. The molecule has 1 fully saturated rings. The van der Waals surface area contributed by atoms with Crippen LogP contribution in [-0.4, -0.2) is 47.2 Å². The predicted molar refractivity (Wildman–Crippen MR) is 110 cm³/mol. The van der Waals surface area contributed by atoms with Crippen LogP contribution in [0.1, 0.15) is 39.2 Å². The van der Waals surface area contributed by atoms with Crippen molar-refractivity contribution in [1.82, 2.24) is 15.1 Å². The summed E-state index contributed by atoms with van der Waals surface area (Å²) in [4.78, 5) is 16.8. The molecule has 0 saturated carbocycles. The van der Waals surface area contributed by atoms with Gasteiger partial charge < -0.3 is 9.80 Å². The first-order valence-corrected chi connectivity index (χ1v) is 10.1. The highest BCUT2D eigenvalue weighted by atomic mass is 16.2. The lowest BCUT2D eigenvalue weighted by Crippen LogP contribution is -2.50. The summed E-state index contributed by atoms with van der Waals surface area (Å²) >= 11 is 0. The smallest absolute Gasteiger partial charge is 0.225 e. The van der Waals surface area contributed by atoms with Crippen LogP contribution in [0.15, 0.2) is 36.4 Å². The van der Waals surface area contributed by atoms with E-state index in [4.69, 9.17) is 0 Å². The molecule has 0 atom stereocenters. The molecule has 1 aliphatic heterocycles. The fourth-order valence-electron chi connectivity index (χ4n) is 3.61. The maximum Gasteiger partial charge on any atom is 0.225 e. The third-order valence-electron chi connectivity index (χ3n) is 5.56. The Morgan fingerprint density at radius 1 is 0.926 bits per heavy atom. The molecule has 1 aliphatic rings. The lowest BCUT2D eigenvalue weighted by molar-refractivity contribution is -0.136. The molecule has 5 heteroatoms. The van der Waals surface area contributed by atoms with E-state index in [0.717, 1.165) is 62.5 Å². The van der Waals surface area contributed by atoms with Gasteiger partial charge in [0.25, 0.3) is 0 Å². The lowest BCUT2D eigenvalue weighted by atomic mass is 10.0. The Kier molecular flexibility index (Phi) is 6.43. The van der Waals surface area contributed by atoms with E-state index >= 15 is 0 Å². The van der Waals surface area contributed by atoms with Gasteiger partial charge in [-0.1, -0.05) is 45.0 Å². The van der Waals surface area contributed by atoms with Crippen LogP contribution in [0, 0.1) is 5.92 Å². The van der Waals surface area contributed by atoms with Crippen LogP contribution >= 0.6 is 0 Å². The van der Waals surface area contributed by atoms with Crippen LogP contribution in [0.5, 0.6) is 0 Å². The van der Waals surface area contributed by atoms with Crippen LogP contribution < -0.4 is 4.90 Å². The number of benzene rings is 1. The molecule has 0 N–H and O–H groups in total. The molecule has 5 nitrogen and oxygen atoms in total. The molecule has 0 spiro atoms. The van der Waals surface area contributed by atoms with Crippen LogP contribution in [-0.2, 0) is 11.2 Å². The van der Waals surface area contributed by atoms with Crippen molar-refractivity contribution in [3.8, 4) is 11.3 Å². The maximum absolute atomic E-state index is 12.5. The van der Waals surface area contributed by atoms with E-state index < -0.39 is 0 Å². The first-order valence-electron chi connectivity index (χ1n) is 10.1. The Morgan fingerprint density at radius 2 is 1.59 bits per heavy atom. The maximum atomic E-state index is 12.5. The van der Waals surface area contributed by atoms with E-state index in [-0.39, 0.29) is 5.92 Å². The summed E-state index contributed by atoms with van der Waals surface area (Å²) in [6.07, 6.45) is 2.88. The van der Waals surface area contributed by atoms with Crippen molar-refractivity contribution in [3.05, 3.63) is 42.0 Å². The Balaban J connectivity index is 1.61. The van der Waals surface area contributed by atoms with E-state index in [9.17, 15) is 4.79 Å². The van der Waals surface area contributed by atoms with E-state index in [1.807, 2.05) is 17.0 Å². The number of hydrogen-bond acceptors (Lipinski definition) is 4. The minimum Gasteiger partial charge on any atom is -0.352 e. The predicted octanol–water partition coefficient (Wildman–Crippen LogP) is 3.79. The Hall–Kier alpha value is -2.43. The summed E-state index contributed by atoms with van der Waals surface area (Å²) in [5.74, 6) is 1.35. The second kappa shape index (κ2) is 8.98. The minimum atomic E-state index is 0.162. The molecule has 1 aromatic carbocycles. The highest BCUT2D eigenvalue weighted by molar-refractivity contribution is 5.79. The van der Waals surface area contributed by atoms with Gasteiger partial charge in [-0.3, -0.25) is 4.79 Å². The number of hydrogen-bond donors (Lipinski definition) is 0. The van der Waals surface area contributed by atoms with Gasteiger partial charge in [-0.05, 0) is 37.0 Å². The highest BCUT2D eigenvalue weighted by Gasteiger charge is 2.26. The van der Waals surface area contributed by atoms with Crippen LogP contribution in [0.2, 0.25) is 0 Å². The number of carbonyl (C=O) groups excluding carboxylic acids is 1. The molecular weight excluding hydrogens is 336 g/mol. The van der Waals surface area contributed by atoms with Crippen molar-refractivity contribution in [2.24, 2.45) is 5.92 Å². The Bertz CT molecular complexity index is 730. The molecule has 1 amide bonds. The molecule has 0 unspecified atom stereocenters. The first kappa shape index (κ1) is 19.3. The average molecular weight is 367 g/mol. The monoisotopic (exact) mass is 366 g/mol. The van der Waals surface area contributed by atoms with Gasteiger partial charge in [-0.2, -0.15) is 0 Å². The van der Waals surface area contributed by atoms with Gasteiger partial charge in [0.2, 0.25) is 5.91 Å². The third kappa shape index (κ3) is 4.46. The number of piperazine rings is 1. The van der Waals surface area contributed by atoms with Crippen molar-refractivity contribution < 1.29 is 4.79 Å². The number of amides is 1. The van der Waals surface area contributed by atoms with Crippen LogP contribution in [0.3, 0.4) is 0 Å². The van der Waals surface area contributed by atoms with Crippen molar-refractivity contribution in [2.75, 3.05) is 31.1 Å². The summed E-state index contributed by atoms with van der Waals surface area (Å²) in [6.45, 7) is 9.48. The van der Waals surface area contributed by atoms with E-state index in [1.54, 1.807) is 0 Å². The van der Waals surface area contributed by atoms with E-state index in [2.05, 4.69) is 60.1 Å². The molecule has 2 aromatic rings. The number of rotatable bonds is 6. The van der Waals surface area contributed by atoms with Gasteiger partial charge in [-0.25, -0.2) is 0 Å². The second-order valence-corrected chi connectivity index (χ2v) is 7.15. The fourth-order valence-corrected chi connectivity index (χ4v) is 3.61. The molecule has 0 radical (unpaired) electrons. The van der Waals surface area contributed by atoms with Gasteiger partial charge >= 0.3 is 0 Å². The zero-order valence-corrected chi connectivity index (χ0v) is 16.7. The molecule has 144 valence electrons. The topological polar surface area (TPSA) is 49.3 Å². The van der Waals surface area contributed by atoms with Gasteiger partial charge in [0.15, 0.2) is 5.82 Å². The summed E-state index contributed by atoms with van der Waals surface area (Å²) in [5.41, 5.74) is 3.31. The van der Waals surface area contributed by atoms with Crippen LogP contribution in [0.25, 0.3) is 11.3 Å². The second-order valence-electron chi connectivity index (χ2n) is 7.15. The number of anilines is 1. The zero-order chi connectivity index (χ0) is 19.2. The van der Waals surface area contributed by atoms with E-state index in [1.165, 1.54) is 5.56 Å². The van der Waals surface area contributed by atoms with Crippen molar-refractivity contribution in [1.29, 1.82) is 0 Å². The highest BCUT2D eigenvalue weighted by Crippen LogP contribution is 2.21. The Morgan fingerprint density at radius 3 is 2.11 bits per heavy atom. The number of carbonyl (C=O) groups is 1. The van der Waals surface area contributed by atoms with Crippen LogP contribution in [0.4, 0.5) is 5.82 Å². The zero-order valence-electron chi connectivity index (χ0n) is 16.7. The minimum absolute atomic E-state index is 0.162. The molecule has 1 aromatic heterocycles. The SMILES string of the molecule is CCc1ccc(-c2ccc(N3CCN(C(=O)C(CC)CC)CC3)nn2)cc1. The molecule has 0 aliphatic carbocycles. The third-order valence-corrected chi connectivity index (χ3v) is 5.56. The van der Waals surface area contributed by atoms with Gasteiger partial charge in [-0.15, -0.1) is 10.2 Å². The first-order chi connectivity index (χ1) is 13.2. The quantitative estimate of drug-likeness (QED) is 0.780. The Labute approximate surface area is 162 Å². The lowest BCUT2D eigenvalue weighted by Gasteiger charge is -2.36. The summed E-state index contributed by atoms with van der Waals surface area (Å²) < 4.78 is 0. The fraction of sp³-hybridized carbons (Fsp3) is 0.500. The van der Waals surface area contributed by atoms with Crippen molar-refractivity contribution in [3.63, 3.8) is 0 Å². The summed E-state index contributed by atoms with van der Waals surface area (Å²) in [6, 6.07) is 12.6.